The monoisotopic (exact) mass is 517 g/mol. The van der Waals surface area contributed by atoms with E-state index in [0.717, 1.165) is 5.57 Å². The van der Waals surface area contributed by atoms with Crippen LogP contribution in [0.25, 0.3) is 5.32 Å². The zero-order valence-electron chi connectivity index (χ0n) is 23.8. The van der Waals surface area contributed by atoms with Crippen LogP contribution < -0.4 is 62.0 Å². The predicted molar refractivity (Wildman–Crippen MR) is 142 cm³/mol. The zero-order chi connectivity index (χ0) is 26.6. The summed E-state index contributed by atoms with van der Waals surface area (Å²) in [6.45, 7) is 17.2. The van der Waals surface area contributed by atoms with Gasteiger partial charge in [-0.15, -0.1) is 12.6 Å². The standard InChI is InChI=1S/C15H28N3O4.C9H12.C3H8.K/c1-11(9-22-10-13(20)21)6-7-17-14(15(2,3)4)18-12(19)8-16-5;1-8(2)9-6-4-3-5-7-9;1-3-2;/h6,14,16H,7-10H2,1-5H3,(H,18,19)(H,20,21);3-8H,1-2H3;3H2,1-2H3;/q-1;;;+1/b11-6+;;;. The smallest absolute Gasteiger partial charge is 0.639 e. The molecule has 0 aliphatic heterocycles. The molecule has 0 radical (unpaired) electrons. The largest absolute Gasteiger partial charge is 1.00 e. The molecule has 35 heavy (non-hydrogen) atoms. The van der Waals surface area contributed by atoms with Crippen LogP contribution in [0, 0.1) is 5.41 Å². The van der Waals surface area contributed by atoms with Crippen molar-refractivity contribution in [3.8, 4) is 0 Å². The van der Waals surface area contributed by atoms with Gasteiger partial charge < -0.3 is 25.8 Å². The van der Waals surface area contributed by atoms with E-state index >= 15 is 0 Å². The molecule has 1 aromatic rings. The van der Waals surface area contributed by atoms with Gasteiger partial charge in [0.1, 0.15) is 6.61 Å². The minimum Gasteiger partial charge on any atom is -0.639 e. The van der Waals surface area contributed by atoms with Crippen molar-refractivity contribution in [2.45, 2.75) is 73.9 Å². The second-order valence-corrected chi connectivity index (χ2v) is 9.44. The van der Waals surface area contributed by atoms with Gasteiger partial charge in [-0.3, -0.25) is 4.79 Å². The van der Waals surface area contributed by atoms with Crippen molar-refractivity contribution >= 4 is 11.9 Å². The van der Waals surface area contributed by atoms with Gasteiger partial charge in [0, 0.05) is 0 Å². The minimum atomic E-state index is -0.988. The minimum absolute atomic E-state index is 0. The molecular weight excluding hydrogens is 469 g/mol. The number of nitrogens with zero attached hydrogens (tertiary/aromatic N) is 1. The number of carbonyl (C=O) groups excluding carboxylic acids is 1. The maximum Gasteiger partial charge on any atom is 1.00 e. The summed E-state index contributed by atoms with van der Waals surface area (Å²) < 4.78 is 4.99. The number of ether oxygens (including phenoxy) is 1. The Labute approximate surface area is 256 Å². The molecule has 3 N–H and O–H groups in total. The molecule has 0 aromatic heterocycles. The second kappa shape index (κ2) is 23.8. The number of rotatable bonds is 11. The Kier molecular flexibility index (Phi) is 26.5. The summed E-state index contributed by atoms with van der Waals surface area (Å²) in [6, 6.07) is 10.5. The molecule has 0 fully saturated rings. The number of amides is 1. The number of nitrogens with one attached hydrogen (secondary N) is 2. The van der Waals surface area contributed by atoms with Crippen LogP contribution >= 0.6 is 0 Å². The van der Waals surface area contributed by atoms with Gasteiger partial charge in [-0.05, 0) is 30.9 Å². The normalized spacial score (nSPS) is 11.8. The summed E-state index contributed by atoms with van der Waals surface area (Å²) >= 11 is 0. The average Bonchev–Trinajstić information content (AvgIpc) is 2.74. The fourth-order valence-corrected chi connectivity index (χ4v) is 2.41. The fourth-order valence-electron chi connectivity index (χ4n) is 2.41. The first-order chi connectivity index (χ1) is 15.9. The first kappa shape index (κ1) is 38.9. The summed E-state index contributed by atoms with van der Waals surface area (Å²) in [5, 5.41) is 18.7. The second-order valence-electron chi connectivity index (χ2n) is 9.44. The molecule has 1 rings (SSSR count). The molecule has 8 heteroatoms. The molecule has 1 amide bonds. The third kappa shape index (κ3) is 24.9. The van der Waals surface area contributed by atoms with Crippen molar-refractivity contribution in [3.05, 3.63) is 52.9 Å². The van der Waals surface area contributed by atoms with Crippen LogP contribution in [-0.2, 0) is 14.3 Å². The van der Waals surface area contributed by atoms with Crippen LogP contribution in [0.15, 0.2) is 42.0 Å². The molecule has 1 unspecified atom stereocenters. The number of carbonyl (C=O) groups is 2. The van der Waals surface area contributed by atoms with E-state index in [2.05, 4.69) is 67.9 Å². The Balaban J connectivity index is -0.000000648. The molecule has 0 aliphatic rings. The average molecular weight is 518 g/mol. The van der Waals surface area contributed by atoms with Gasteiger partial charge >= 0.3 is 57.4 Å². The maximum absolute atomic E-state index is 11.7. The number of likely N-dealkylation sites (N-methyl/N-ethyl adjacent to an activating group) is 1. The molecular formula is C27H48KN3O4. The summed E-state index contributed by atoms with van der Waals surface area (Å²) in [4.78, 5) is 22.0. The number of benzene rings is 1. The van der Waals surface area contributed by atoms with E-state index < -0.39 is 5.97 Å². The topological polar surface area (TPSA) is 102 Å². The van der Waals surface area contributed by atoms with E-state index in [0.29, 0.717) is 12.5 Å². The van der Waals surface area contributed by atoms with Crippen molar-refractivity contribution in [1.82, 2.24) is 10.6 Å². The van der Waals surface area contributed by atoms with E-state index in [1.807, 2.05) is 39.8 Å². The van der Waals surface area contributed by atoms with E-state index in [9.17, 15) is 9.59 Å². The zero-order valence-corrected chi connectivity index (χ0v) is 26.9. The summed E-state index contributed by atoms with van der Waals surface area (Å²) in [5.41, 5.74) is 2.13. The van der Waals surface area contributed by atoms with Crippen molar-refractivity contribution in [3.63, 3.8) is 0 Å². The molecule has 0 bridgehead atoms. The number of carboxylic acid groups (broad SMARTS) is 1. The van der Waals surface area contributed by atoms with Gasteiger partial charge in [0.15, 0.2) is 0 Å². The molecule has 7 nitrogen and oxygen atoms in total. The Bertz CT molecular complexity index is 689. The first-order valence-electron chi connectivity index (χ1n) is 12.0. The molecule has 0 saturated carbocycles. The van der Waals surface area contributed by atoms with E-state index in [1.54, 1.807) is 7.05 Å². The van der Waals surface area contributed by atoms with Crippen LogP contribution in [0.3, 0.4) is 0 Å². The molecule has 1 atom stereocenters. The van der Waals surface area contributed by atoms with Crippen molar-refractivity contribution in [1.29, 1.82) is 0 Å². The van der Waals surface area contributed by atoms with Crippen LogP contribution in [0.5, 0.6) is 0 Å². The SMILES string of the molecule is CC(C)c1ccccc1.CCC.CNCC(=O)NC([N-]C/C=C(\C)COCC(=O)O)C(C)(C)C.[K+]. The van der Waals surface area contributed by atoms with E-state index in [1.165, 1.54) is 12.0 Å². The Morgan fingerprint density at radius 3 is 2.06 bits per heavy atom. The van der Waals surface area contributed by atoms with Crippen molar-refractivity contribution in [2.75, 3.05) is 33.4 Å². The third-order valence-electron chi connectivity index (χ3n) is 4.20. The number of aliphatic carboxylic acids is 1. The molecule has 0 spiro atoms. The molecule has 0 heterocycles. The van der Waals surface area contributed by atoms with E-state index in [4.69, 9.17) is 9.84 Å². The predicted octanol–water partition coefficient (Wildman–Crippen LogP) is 2.35. The number of hydrogen-bond acceptors (Lipinski definition) is 4. The maximum atomic E-state index is 11.7. The Hall–Kier alpha value is -0.584. The van der Waals surface area contributed by atoms with Gasteiger partial charge in [-0.1, -0.05) is 97.0 Å². The molecule has 1 aromatic carbocycles. The van der Waals surface area contributed by atoms with Gasteiger partial charge in [0.25, 0.3) is 0 Å². The van der Waals surface area contributed by atoms with Crippen molar-refractivity contribution < 1.29 is 70.8 Å². The van der Waals surface area contributed by atoms with Crippen molar-refractivity contribution in [2.24, 2.45) is 5.41 Å². The first-order valence-corrected chi connectivity index (χ1v) is 12.0. The summed E-state index contributed by atoms with van der Waals surface area (Å²) in [6.07, 6.45) is 2.82. The molecule has 0 saturated heterocycles. The Morgan fingerprint density at radius 1 is 1.11 bits per heavy atom. The Morgan fingerprint density at radius 2 is 1.66 bits per heavy atom. The van der Waals surface area contributed by atoms with Crippen LogP contribution in [0.1, 0.15) is 73.3 Å². The molecule has 196 valence electrons. The summed E-state index contributed by atoms with van der Waals surface area (Å²) in [5.74, 6) is -0.430. The van der Waals surface area contributed by atoms with Crippen LogP contribution in [-0.4, -0.2) is 56.5 Å². The quantitative estimate of drug-likeness (QED) is 0.309. The third-order valence-corrected chi connectivity index (χ3v) is 4.20. The summed E-state index contributed by atoms with van der Waals surface area (Å²) in [7, 11) is 1.71. The van der Waals surface area contributed by atoms with Gasteiger partial charge in [0.05, 0.1) is 13.2 Å². The van der Waals surface area contributed by atoms with Crippen LogP contribution in [0.4, 0.5) is 0 Å². The number of carboxylic acids is 1. The van der Waals surface area contributed by atoms with Crippen LogP contribution in [0.2, 0.25) is 0 Å². The molecule has 0 aliphatic carbocycles. The van der Waals surface area contributed by atoms with Gasteiger partial charge in [0.2, 0.25) is 5.91 Å². The fraction of sp³-hybridized carbons (Fsp3) is 0.630. The van der Waals surface area contributed by atoms with Gasteiger partial charge in [-0.2, -0.15) is 0 Å². The van der Waals surface area contributed by atoms with Gasteiger partial charge in [-0.25, -0.2) is 4.79 Å². The van der Waals surface area contributed by atoms with E-state index in [-0.39, 0.29) is 88.6 Å². The number of hydrogen-bond donors (Lipinski definition) is 3.